The second kappa shape index (κ2) is 7.78. The molecule has 0 aliphatic rings. The van der Waals surface area contributed by atoms with Gasteiger partial charge in [-0.3, -0.25) is 10.1 Å². The van der Waals surface area contributed by atoms with Gasteiger partial charge in [-0.05, 0) is 32.1 Å². The molecular weight excluding hydrogens is 278 g/mol. The van der Waals surface area contributed by atoms with Crippen LogP contribution in [0.2, 0.25) is 0 Å². The third-order valence-electron chi connectivity index (χ3n) is 2.42. The van der Waals surface area contributed by atoms with E-state index in [1.807, 2.05) is 0 Å². The van der Waals surface area contributed by atoms with Crippen molar-refractivity contribution in [2.24, 2.45) is 0 Å². The normalized spacial score (nSPS) is 10.4. The fourth-order valence-corrected chi connectivity index (χ4v) is 1.53. The van der Waals surface area contributed by atoms with Crippen LogP contribution in [0, 0.1) is 10.1 Å². The topological polar surface area (TPSA) is 95.7 Å². The number of nitro benzene ring substituents is 1. The molecule has 1 aromatic carbocycles. The molecule has 0 aliphatic carbocycles. The number of ether oxygens (including phenoxy) is 2. The number of carbonyl (C=O) groups excluding carboxylic acids is 2. The van der Waals surface area contributed by atoms with Crippen LogP contribution in [0.15, 0.2) is 24.3 Å². The van der Waals surface area contributed by atoms with Crippen molar-refractivity contribution in [1.82, 2.24) is 0 Å². The highest BCUT2D eigenvalue weighted by molar-refractivity contribution is 5.92. The Hall–Kier alpha value is -2.70. The Morgan fingerprint density at radius 1 is 1.24 bits per heavy atom. The average Bonchev–Trinajstić information content (AvgIpc) is 2.45. The minimum Gasteiger partial charge on any atom is -0.463 e. The molecule has 0 bridgehead atoms. The largest absolute Gasteiger partial charge is 0.463 e. The van der Waals surface area contributed by atoms with Gasteiger partial charge in [0.15, 0.2) is 0 Å². The first-order chi connectivity index (χ1) is 9.99. The molecule has 1 rings (SSSR count). The molecule has 0 saturated heterocycles. The SMILES string of the molecule is CCOC(=O)C=Cc1ccc(C(=O)OCC)cc1[N+](=O)[O-]. The summed E-state index contributed by atoms with van der Waals surface area (Å²) in [4.78, 5) is 33.1. The van der Waals surface area contributed by atoms with Gasteiger partial charge >= 0.3 is 11.9 Å². The molecule has 7 nitrogen and oxygen atoms in total. The van der Waals surface area contributed by atoms with Gasteiger partial charge in [0.05, 0.1) is 29.3 Å². The Bertz CT molecular complexity index is 579. The van der Waals surface area contributed by atoms with Gasteiger partial charge in [-0.2, -0.15) is 0 Å². The molecule has 0 spiro atoms. The summed E-state index contributed by atoms with van der Waals surface area (Å²) in [6, 6.07) is 3.89. The minimum atomic E-state index is -0.637. The number of benzene rings is 1. The Morgan fingerprint density at radius 2 is 1.90 bits per heavy atom. The smallest absolute Gasteiger partial charge is 0.338 e. The molecule has 0 aliphatic heterocycles. The highest BCUT2D eigenvalue weighted by atomic mass is 16.6. The first-order valence-electron chi connectivity index (χ1n) is 6.30. The highest BCUT2D eigenvalue weighted by Gasteiger charge is 2.16. The second-order valence-electron chi connectivity index (χ2n) is 3.84. The summed E-state index contributed by atoms with van der Waals surface area (Å²) >= 11 is 0. The fraction of sp³-hybridized carbons (Fsp3) is 0.286. The number of hydrogen-bond donors (Lipinski definition) is 0. The van der Waals surface area contributed by atoms with E-state index in [1.165, 1.54) is 18.2 Å². The zero-order chi connectivity index (χ0) is 15.8. The van der Waals surface area contributed by atoms with Gasteiger partial charge in [0, 0.05) is 12.1 Å². The third-order valence-corrected chi connectivity index (χ3v) is 2.42. The molecule has 0 atom stereocenters. The second-order valence-corrected chi connectivity index (χ2v) is 3.84. The van der Waals surface area contributed by atoms with E-state index in [9.17, 15) is 19.7 Å². The predicted molar refractivity (Wildman–Crippen MR) is 74.7 cm³/mol. The van der Waals surface area contributed by atoms with Crippen LogP contribution >= 0.6 is 0 Å². The molecule has 0 amide bonds. The van der Waals surface area contributed by atoms with E-state index in [0.717, 1.165) is 12.1 Å². The van der Waals surface area contributed by atoms with Gasteiger partial charge < -0.3 is 9.47 Å². The van der Waals surface area contributed by atoms with E-state index in [4.69, 9.17) is 4.74 Å². The van der Waals surface area contributed by atoms with E-state index in [2.05, 4.69) is 4.74 Å². The molecule has 1 aromatic rings. The summed E-state index contributed by atoms with van der Waals surface area (Å²) in [6.45, 7) is 3.69. The Balaban J connectivity index is 3.08. The molecular formula is C14H15NO6. The Labute approximate surface area is 121 Å². The van der Waals surface area contributed by atoms with Gasteiger partial charge in [-0.1, -0.05) is 0 Å². The van der Waals surface area contributed by atoms with Crippen molar-refractivity contribution in [2.75, 3.05) is 13.2 Å². The number of carbonyl (C=O) groups is 2. The van der Waals surface area contributed by atoms with Crippen LogP contribution in [0.25, 0.3) is 6.08 Å². The van der Waals surface area contributed by atoms with Gasteiger partial charge in [0.25, 0.3) is 5.69 Å². The van der Waals surface area contributed by atoms with Gasteiger partial charge in [-0.25, -0.2) is 9.59 Å². The van der Waals surface area contributed by atoms with Crippen molar-refractivity contribution in [3.05, 3.63) is 45.5 Å². The minimum absolute atomic E-state index is 0.0804. The molecule has 112 valence electrons. The lowest BCUT2D eigenvalue weighted by molar-refractivity contribution is -0.385. The summed E-state index contributed by atoms with van der Waals surface area (Å²) in [5.41, 5.74) is -0.0148. The van der Waals surface area contributed by atoms with Crippen LogP contribution in [0.1, 0.15) is 29.8 Å². The van der Waals surface area contributed by atoms with Crippen LogP contribution < -0.4 is 0 Å². The van der Waals surface area contributed by atoms with E-state index in [1.54, 1.807) is 13.8 Å². The summed E-state index contributed by atoms with van der Waals surface area (Å²) in [5.74, 6) is -1.23. The molecule has 21 heavy (non-hydrogen) atoms. The molecule has 0 saturated carbocycles. The zero-order valence-corrected chi connectivity index (χ0v) is 11.7. The summed E-state index contributed by atoms with van der Waals surface area (Å²) in [7, 11) is 0. The zero-order valence-electron chi connectivity index (χ0n) is 11.7. The van der Waals surface area contributed by atoms with E-state index in [0.29, 0.717) is 0 Å². The number of rotatable bonds is 6. The van der Waals surface area contributed by atoms with E-state index >= 15 is 0 Å². The lowest BCUT2D eigenvalue weighted by atomic mass is 10.1. The van der Waals surface area contributed by atoms with Gasteiger partial charge in [0.2, 0.25) is 0 Å². The summed E-state index contributed by atoms with van der Waals surface area (Å²) in [6.07, 6.45) is 2.36. The molecule has 0 N–H and O–H groups in total. The Kier molecular flexibility index (Phi) is 6.06. The maximum atomic E-state index is 11.5. The van der Waals surface area contributed by atoms with Crippen LogP contribution in [0.5, 0.6) is 0 Å². The maximum absolute atomic E-state index is 11.5. The highest BCUT2D eigenvalue weighted by Crippen LogP contribution is 2.22. The fourth-order valence-electron chi connectivity index (χ4n) is 1.53. The van der Waals surface area contributed by atoms with E-state index in [-0.39, 0.29) is 30.0 Å². The quantitative estimate of drug-likeness (QED) is 0.346. The molecule has 7 heteroatoms. The number of esters is 2. The van der Waals surface area contributed by atoms with Crippen LogP contribution in [0.4, 0.5) is 5.69 Å². The molecule has 0 radical (unpaired) electrons. The Morgan fingerprint density at radius 3 is 2.48 bits per heavy atom. The predicted octanol–water partition coefficient (Wildman–Crippen LogP) is 2.35. The van der Waals surface area contributed by atoms with E-state index < -0.39 is 16.9 Å². The van der Waals surface area contributed by atoms with Crippen molar-refractivity contribution in [2.45, 2.75) is 13.8 Å². The van der Waals surface area contributed by atoms with Crippen LogP contribution in [0.3, 0.4) is 0 Å². The molecule has 0 fully saturated rings. The molecule has 0 aromatic heterocycles. The van der Waals surface area contributed by atoms with Crippen molar-refractivity contribution in [3.8, 4) is 0 Å². The van der Waals surface area contributed by atoms with Crippen molar-refractivity contribution < 1.29 is 24.0 Å². The maximum Gasteiger partial charge on any atom is 0.338 e. The first kappa shape index (κ1) is 16.4. The van der Waals surface area contributed by atoms with Gasteiger partial charge in [0.1, 0.15) is 0 Å². The number of hydrogen-bond acceptors (Lipinski definition) is 6. The van der Waals surface area contributed by atoms with Gasteiger partial charge in [-0.15, -0.1) is 0 Å². The average molecular weight is 293 g/mol. The van der Waals surface area contributed by atoms with Crippen molar-refractivity contribution >= 4 is 23.7 Å². The number of nitrogens with zero attached hydrogens (tertiary/aromatic N) is 1. The number of nitro groups is 1. The lowest BCUT2D eigenvalue weighted by Crippen LogP contribution is -2.05. The lowest BCUT2D eigenvalue weighted by Gasteiger charge is -2.03. The van der Waals surface area contributed by atoms with Crippen LogP contribution in [-0.2, 0) is 14.3 Å². The molecule has 0 heterocycles. The molecule has 0 unspecified atom stereocenters. The van der Waals surface area contributed by atoms with Crippen LogP contribution in [-0.4, -0.2) is 30.1 Å². The summed E-state index contributed by atoms with van der Waals surface area (Å²) in [5, 5.41) is 11.0. The summed E-state index contributed by atoms with van der Waals surface area (Å²) < 4.78 is 9.47. The first-order valence-corrected chi connectivity index (χ1v) is 6.30. The van der Waals surface area contributed by atoms with Crippen molar-refractivity contribution in [1.29, 1.82) is 0 Å². The monoisotopic (exact) mass is 293 g/mol. The van der Waals surface area contributed by atoms with Crippen molar-refractivity contribution in [3.63, 3.8) is 0 Å². The third kappa shape index (κ3) is 4.72. The standard InChI is InChI=1S/C14H15NO6/c1-3-20-13(16)8-7-10-5-6-11(14(17)21-4-2)9-12(10)15(18)19/h5-9H,3-4H2,1-2H3.